The van der Waals surface area contributed by atoms with Gasteiger partial charge < -0.3 is 19.1 Å². The van der Waals surface area contributed by atoms with Gasteiger partial charge >= 0.3 is 0 Å². The van der Waals surface area contributed by atoms with E-state index in [0.29, 0.717) is 13.0 Å². The zero-order valence-corrected chi connectivity index (χ0v) is 19.6. The van der Waals surface area contributed by atoms with Gasteiger partial charge in [0.1, 0.15) is 17.3 Å². The molecule has 0 unspecified atom stereocenters. The molecule has 2 aromatic carbocycles. The summed E-state index contributed by atoms with van der Waals surface area (Å²) in [7, 11) is 0. The fourth-order valence-electron chi connectivity index (χ4n) is 4.02. The minimum Gasteiger partial charge on any atom is -0.457 e. The zero-order chi connectivity index (χ0) is 23.5. The summed E-state index contributed by atoms with van der Waals surface area (Å²) in [6.07, 6.45) is 5.63. The summed E-state index contributed by atoms with van der Waals surface area (Å²) in [4.78, 5) is 16.4. The van der Waals surface area contributed by atoms with Crippen LogP contribution in [0.2, 0.25) is 0 Å². The van der Waals surface area contributed by atoms with Gasteiger partial charge in [-0.15, -0.1) is 0 Å². The molecule has 4 aromatic rings. The van der Waals surface area contributed by atoms with E-state index in [1.807, 2.05) is 69.6 Å². The van der Waals surface area contributed by atoms with Gasteiger partial charge in [0.2, 0.25) is 5.91 Å². The number of aryl methyl sites for hydroxylation is 6. The fraction of sp³-hybridized carbons (Fsp3) is 0.269. The second-order valence-electron chi connectivity index (χ2n) is 8.37. The number of carbonyl (C=O) groups excluding carboxylic acids is 1. The molecule has 0 atom stereocenters. The monoisotopic (exact) mass is 444 g/mol. The molecular formula is C26H28N4O3. The van der Waals surface area contributed by atoms with Crippen LogP contribution in [0.25, 0.3) is 11.1 Å². The number of benzene rings is 2. The van der Waals surface area contributed by atoms with Crippen LogP contribution in [0.4, 0.5) is 5.69 Å². The van der Waals surface area contributed by atoms with Crippen LogP contribution in [0.5, 0.6) is 11.5 Å². The van der Waals surface area contributed by atoms with Gasteiger partial charge in [-0.25, -0.2) is 4.98 Å². The van der Waals surface area contributed by atoms with Gasteiger partial charge in [0.05, 0.1) is 12.0 Å². The van der Waals surface area contributed by atoms with Crippen molar-refractivity contribution in [2.45, 2.75) is 47.6 Å². The Labute approximate surface area is 193 Å². The molecule has 1 amide bonds. The Morgan fingerprint density at radius 2 is 1.82 bits per heavy atom. The molecule has 0 aliphatic heterocycles. The Hall–Kier alpha value is -3.87. The second kappa shape index (κ2) is 9.32. The van der Waals surface area contributed by atoms with Gasteiger partial charge in [0.25, 0.3) is 0 Å². The topological polar surface area (TPSA) is 82.2 Å². The van der Waals surface area contributed by atoms with Gasteiger partial charge in [-0.05, 0) is 81.1 Å². The van der Waals surface area contributed by atoms with Crippen molar-refractivity contribution >= 4 is 11.6 Å². The molecule has 0 aliphatic carbocycles. The molecule has 7 nitrogen and oxygen atoms in total. The van der Waals surface area contributed by atoms with E-state index < -0.39 is 0 Å². The smallest absolute Gasteiger partial charge is 0.226 e. The summed E-state index contributed by atoms with van der Waals surface area (Å²) in [5.74, 6) is 2.26. The lowest BCUT2D eigenvalue weighted by Crippen LogP contribution is -2.14. The van der Waals surface area contributed by atoms with Crippen LogP contribution in [0.1, 0.15) is 34.6 Å². The molecule has 33 heavy (non-hydrogen) atoms. The number of ether oxygens (including phenoxy) is 1. The summed E-state index contributed by atoms with van der Waals surface area (Å²) in [5, 5.41) is 7.05. The molecule has 4 rings (SSSR count). The first kappa shape index (κ1) is 22.3. The Morgan fingerprint density at radius 1 is 1.06 bits per heavy atom. The molecule has 7 heteroatoms. The van der Waals surface area contributed by atoms with Gasteiger partial charge in [0, 0.05) is 36.6 Å². The number of carbonyl (C=O) groups is 1. The zero-order valence-electron chi connectivity index (χ0n) is 19.6. The number of hydrogen-bond acceptors (Lipinski definition) is 5. The number of nitrogens with one attached hydrogen (secondary N) is 1. The molecule has 0 spiro atoms. The molecule has 2 heterocycles. The van der Waals surface area contributed by atoms with Crippen LogP contribution in [0.15, 0.2) is 53.6 Å². The molecule has 0 saturated carbocycles. The number of rotatable bonds is 7. The molecule has 0 aliphatic rings. The summed E-state index contributed by atoms with van der Waals surface area (Å²) < 4.78 is 13.5. The third-order valence-corrected chi connectivity index (χ3v) is 5.49. The highest BCUT2D eigenvalue weighted by atomic mass is 16.5. The summed E-state index contributed by atoms with van der Waals surface area (Å²) in [6.45, 7) is 10.4. The SMILES string of the molecule is Cc1cc(Oc2c(C)cc(NC(=O)CCn3ccnc3)cc2C)cc(-c2c(C)noc2C)c1. The third-order valence-electron chi connectivity index (χ3n) is 5.49. The van der Waals surface area contributed by atoms with Crippen molar-refractivity contribution in [2.75, 3.05) is 5.32 Å². The van der Waals surface area contributed by atoms with Crippen molar-refractivity contribution in [3.8, 4) is 22.6 Å². The average Bonchev–Trinajstić information content (AvgIpc) is 3.38. The van der Waals surface area contributed by atoms with Crippen molar-refractivity contribution in [3.63, 3.8) is 0 Å². The Morgan fingerprint density at radius 3 is 2.45 bits per heavy atom. The Kier molecular flexibility index (Phi) is 6.31. The van der Waals surface area contributed by atoms with Crippen LogP contribution < -0.4 is 10.1 Å². The van der Waals surface area contributed by atoms with E-state index in [1.165, 1.54) is 0 Å². The van der Waals surface area contributed by atoms with Crippen molar-refractivity contribution in [1.29, 1.82) is 0 Å². The van der Waals surface area contributed by atoms with E-state index in [2.05, 4.69) is 21.5 Å². The highest BCUT2D eigenvalue weighted by Crippen LogP contribution is 2.35. The normalized spacial score (nSPS) is 10.9. The van der Waals surface area contributed by atoms with E-state index in [9.17, 15) is 4.79 Å². The predicted molar refractivity (Wildman–Crippen MR) is 128 cm³/mol. The first-order valence-corrected chi connectivity index (χ1v) is 10.9. The number of hydrogen-bond donors (Lipinski definition) is 1. The molecule has 0 radical (unpaired) electrons. The minimum atomic E-state index is -0.0426. The molecule has 0 fully saturated rings. The van der Waals surface area contributed by atoms with Crippen LogP contribution in [-0.4, -0.2) is 20.6 Å². The number of aromatic nitrogens is 3. The maximum atomic E-state index is 12.4. The lowest BCUT2D eigenvalue weighted by atomic mass is 10.0. The number of imidazole rings is 1. The van der Waals surface area contributed by atoms with Crippen LogP contribution in [-0.2, 0) is 11.3 Å². The average molecular weight is 445 g/mol. The quantitative estimate of drug-likeness (QED) is 0.384. The molecule has 1 N–H and O–H groups in total. The molecule has 0 bridgehead atoms. The van der Waals surface area contributed by atoms with E-state index >= 15 is 0 Å². The maximum absolute atomic E-state index is 12.4. The first-order valence-electron chi connectivity index (χ1n) is 10.9. The lowest BCUT2D eigenvalue weighted by Gasteiger charge is -2.16. The second-order valence-corrected chi connectivity index (χ2v) is 8.37. The van der Waals surface area contributed by atoms with E-state index in [4.69, 9.17) is 9.26 Å². The standard InChI is InChI=1S/C26H28N4O3/c1-16-10-21(25-19(4)29-33-20(25)5)14-23(11-16)32-26-17(2)12-22(13-18(26)3)28-24(31)6-8-30-9-7-27-15-30/h7,9-15H,6,8H2,1-5H3,(H,28,31). The van der Waals surface area contributed by atoms with Crippen LogP contribution in [0.3, 0.4) is 0 Å². The summed E-state index contributed by atoms with van der Waals surface area (Å²) in [6, 6.07) is 9.98. The van der Waals surface area contributed by atoms with Gasteiger partial charge in [-0.2, -0.15) is 0 Å². The van der Waals surface area contributed by atoms with Crippen molar-refractivity contribution in [1.82, 2.24) is 14.7 Å². The molecule has 0 saturated heterocycles. The van der Waals surface area contributed by atoms with Crippen LogP contribution in [0, 0.1) is 34.6 Å². The van der Waals surface area contributed by atoms with E-state index in [0.717, 1.165) is 56.5 Å². The predicted octanol–water partition coefficient (Wildman–Crippen LogP) is 5.90. The molecular weight excluding hydrogens is 416 g/mol. The summed E-state index contributed by atoms with van der Waals surface area (Å²) in [5.41, 5.74) is 6.59. The third kappa shape index (κ3) is 5.14. The lowest BCUT2D eigenvalue weighted by molar-refractivity contribution is -0.116. The number of amides is 1. The van der Waals surface area contributed by atoms with Gasteiger partial charge in [-0.3, -0.25) is 4.79 Å². The highest BCUT2D eigenvalue weighted by Gasteiger charge is 2.15. The number of nitrogens with zero attached hydrogens (tertiary/aromatic N) is 3. The minimum absolute atomic E-state index is 0.0426. The van der Waals surface area contributed by atoms with E-state index in [1.54, 1.807) is 12.5 Å². The van der Waals surface area contributed by atoms with Crippen molar-refractivity contribution in [3.05, 3.63) is 77.2 Å². The van der Waals surface area contributed by atoms with Gasteiger partial charge in [0.15, 0.2) is 0 Å². The van der Waals surface area contributed by atoms with Gasteiger partial charge in [-0.1, -0.05) is 11.2 Å². The van der Waals surface area contributed by atoms with Crippen molar-refractivity contribution < 1.29 is 14.1 Å². The summed E-state index contributed by atoms with van der Waals surface area (Å²) >= 11 is 0. The Bertz CT molecular complexity index is 1250. The Balaban J connectivity index is 1.51. The largest absolute Gasteiger partial charge is 0.457 e. The molecule has 2 aromatic heterocycles. The van der Waals surface area contributed by atoms with Crippen molar-refractivity contribution in [2.24, 2.45) is 0 Å². The first-order chi connectivity index (χ1) is 15.8. The highest BCUT2D eigenvalue weighted by molar-refractivity contribution is 5.91. The maximum Gasteiger partial charge on any atom is 0.226 e. The fourth-order valence-corrected chi connectivity index (χ4v) is 4.02. The van der Waals surface area contributed by atoms with E-state index in [-0.39, 0.29) is 5.91 Å². The molecule has 170 valence electrons. The van der Waals surface area contributed by atoms with Crippen LogP contribution >= 0.6 is 0 Å². The number of anilines is 1.